The van der Waals surface area contributed by atoms with E-state index < -0.39 is 0 Å². The predicted octanol–water partition coefficient (Wildman–Crippen LogP) is 3.95. The first-order chi connectivity index (χ1) is 10.8. The molecule has 0 spiro atoms. The molecule has 108 valence electrons. The number of ether oxygens (including phenoxy) is 1. The molecule has 0 atom stereocenters. The monoisotopic (exact) mass is 309 g/mol. The van der Waals surface area contributed by atoms with Crippen LogP contribution < -0.4 is 10.2 Å². The van der Waals surface area contributed by atoms with E-state index >= 15 is 0 Å². The summed E-state index contributed by atoms with van der Waals surface area (Å²) in [6.07, 6.45) is 1.31. The molecule has 4 nitrogen and oxygen atoms in total. The summed E-state index contributed by atoms with van der Waals surface area (Å²) < 4.78 is 11.1. The summed E-state index contributed by atoms with van der Waals surface area (Å²) in [5.41, 5.74) is 1.30. The van der Waals surface area contributed by atoms with Crippen molar-refractivity contribution in [1.29, 1.82) is 5.26 Å². The van der Waals surface area contributed by atoms with Crippen molar-refractivity contribution >= 4 is 22.7 Å². The molecule has 3 aromatic rings. The zero-order valence-corrected chi connectivity index (χ0v) is 12.3. The maximum atomic E-state index is 12.1. The lowest BCUT2D eigenvalue weighted by atomic mass is 10.2. The number of hydrogen-bond acceptors (Lipinski definition) is 5. The van der Waals surface area contributed by atoms with E-state index in [-0.39, 0.29) is 10.3 Å². The molecule has 0 N–H and O–H groups in total. The first kappa shape index (κ1) is 14.2. The molecule has 0 amide bonds. The summed E-state index contributed by atoms with van der Waals surface area (Å²) in [5, 5.41) is 11.0. The van der Waals surface area contributed by atoms with Gasteiger partial charge in [-0.05, 0) is 29.5 Å². The molecule has 0 aliphatic heterocycles. The van der Waals surface area contributed by atoms with Crippen LogP contribution >= 0.6 is 11.8 Å². The highest BCUT2D eigenvalue weighted by atomic mass is 32.2. The molecule has 0 saturated carbocycles. The van der Waals surface area contributed by atoms with Gasteiger partial charge in [0.1, 0.15) is 34.5 Å². The van der Waals surface area contributed by atoms with Crippen molar-refractivity contribution in [2.24, 2.45) is 0 Å². The zero-order valence-electron chi connectivity index (χ0n) is 11.5. The molecule has 0 aliphatic carbocycles. The fraction of sp³-hybridized carbons (Fsp3) is 0.0588. The Hall–Kier alpha value is -2.71. The third kappa shape index (κ3) is 2.97. The van der Waals surface area contributed by atoms with E-state index in [2.05, 4.69) is 0 Å². The minimum atomic E-state index is -0.206. The van der Waals surface area contributed by atoms with E-state index in [0.29, 0.717) is 23.3 Å². The van der Waals surface area contributed by atoms with Crippen LogP contribution in [0.5, 0.6) is 5.75 Å². The summed E-state index contributed by atoms with van der Waals surface area (Å²) in [6.45, 7) is 0.443. The van der Waals surface area contributed by atoms with Gasteiger partial charge in [0.05, 0.1) is 5.39 Å². The standard InChI is InChI=1S/C17H11NO3S/c18-11-22-16-10-21-15-8-13(6-7-14(15)17(16)19)20-9-12-4-2-1-3-5-12/h1-8,10H,9H2. The number of thiocyanates is 1. The second kappa shape index (κ2) is 6.37. The minimum Gasteiger partial charge on any atom is -0.489 e. The van der Waals surface area contributed by atoms with Gasteiger partial charge in [-0.15, -0.1) is 0 Å². The molecule has 0 unspecified atom stereocenters. The van der Waals surface area contributed by atoms with Gasteiger partial charge in [0.2, 0.25) is 5.43 Å². The zero-order chi connectivity index (χ0) is 15.4. The van der Waals surface area contributed by atoms with E-state index in [1.807, 2.05) is 35.7 Å². The van der Waals surface area contributed by atoms with Crippen molar-refractivity contribution in [3.8, 4) is 11.2 Å². The lowest BCUT2D eigenvalue weighted by Crippen LogP contribution is -2.03. The van der Waals surface area contributed by atoms with Gasteiger partial charge in [0.15, 0.2) is 0 Å². The van der Waals surface area contributed by atoms with E-state index in [4.69, 9.17) is 14.4 Å². The molecule has 2 aromatic carbocycles. The third-order valence-electron chi connectivity index (χ3n) is 3.12. The Labute approximate surface area is 130 Å². The van der Waals surface area contributed by atoms with Crippen LogP contribution in [-0.4, -0.2) is 0 Å². The van der Waals surface area contributed by atoms with Gasteiger partial charge in [-0.1, -0.05) is 30.3 Å². The van der Waals surface area contributed by atoms with Gasteiger partial charge in [0, 0.05) is 6.07 Å². The summed E-state index contributed by atoms with van der Waals surface area (Å²) in [4.78, 5) is 12.4. The van der Waals surface area contributed by atoms with Crippen LogP contribution in [0.25, 0.3) is 11.0 Å². The molecule has 1 aromatic heterocycles. The fourth-order valence-corrected chi connectivity index (χ4v) is 2.44. The molecule has 0 bridgehead atoms. The number of benzene rings is 2. The Morgan fingerprint density at radius 2 is 2.00 bits per heavy atom. The molecule has 0 fully saturated rings. The lowest BCUT2D eigenvalue weighted by molar-refractivity contribution is 0.306. The molecule has 1 heterocycles. The maximum Gasteiger partial charge on any atom is 0.207 e. The molecular formula is C17H11NO3S. The Morgan fingerprint density at radius 3 is 2.77 bits per heavy atom. The lowest BCUT2D eigenvalue weighted by Gasteiger charge is -2.07. The minimum absolute atomic E-state index is 0.206. The largest absolute Gasteiger partial charge is 0.489 e. The van der Waals surface area contributed by atoms with Crippen LogP contribution in [-0.2, 0) is 6.61 Å². The quantitative estimate of drug-likeness (QED) is 0.539. The first-order valence-electron chi connectivity index (χ1n) is 6.56. The van der Waals surface area contributed by atoms with E-state index in [0.717, 1.165) is 17.3 Å². The Balaban J connectivity index is 1.86. The van der Waals surface area contributed by atoms with Gasteiger partial charge in [-0.25, -0.2) is 0 Å². The molecule has 3 rings (SSSR count). The maximum absolute atomic E-state index is 12.1. The highest BCUT2D eigenvalue weighted by molar-refractivity contribution is 8.03. The molecule has 22 heavy (non-hydrogen) atoms. The summed E-state index contributed by atoms with van der Waals surface area (Å²) in [5.74, 6) is 0.625. The molecule has 0 radical (unpaired) electrons. The summed E-state index contributed by atoms with van der Waals surface area (Å²) in [7, 11) is 0. The fourth-order valence-electron chi connectivity index (χ4n) is 2.04. The molecular weight excluding hydrogens is 298 g/mol. The topological polar surface area (TPSA) is 63.2 Å². The van der Waals surface area contributed by atoms with Gasteiger partial charge in [-0.3, -0.25) is 4.79 Å². The van der Waals surface area contributed by atoms with Crippen LogP contribution in [0.15, 0.2) is 68.9 Å². The van der Waals surface area contributed by atoms with Crippen LogP contribution in [0.1, 0.15) is 5.56 Å². The number of nitrogens with zero attached hydrogens (tertiary/aromatic N) is 1. The van der Waals surface area contributed by atoms with Crippen LogP contribution in [0.4, 0.5) is 0 Å². The molecule has 0 aliphatic rings. The van der Waals surface area contributed by atoms with E-state index in [9.17, 15) is 4.79 Å². The molecule has 0 saturated heterocycles. The smallest absolute Gasteiger partial charge is 0.207 e. The van der Waals surface area contributed by atoms with Crippen LogP contribution in [0.3, 0.4) is 0 Å². The van der Waals surface area contributed by atoms with Crippen LogP contribution in [0.2, 0.25) is 0 Å². The molecule has 5 heteroatoms. The first-order valence-corrected chi connectivity index (χ1v) is 7.38. The Morgan fingerprint density at radius 1 is 1.18 bits per heavy atom. The highest BCUT2D eigenvalue weighted by Gasteiger charge is 2.08. The average molecular weight is 309 g/mol. The van der Waals surface area contributed by atoms with E-state index in [1.54, 1.807) is 18.2 Å². The van der Waals surface area contributed by atoms with Gasteiger partial charge in [-0.2, -0.15) is 5.26 Å². The third-order valence-corrected chi connectivity index (χ3v) is 3.71. The van der Waals surface area contributed by atoms with Gasteiger partial charge < -0.3 is 9.15 Å². The highest BCUT2D eigenvalue weighted by Crippen LogP contribution is 2.22. The Kier molecular flexibility index (Phi) is 4.12. The van der Waals surface area contributed by atoms with E-state index in [1.165, 1.54) is 6.26 Å². The van der Waals surface area contributed by atoms with Crippen molar-refractivity contribution in [2.75, 3.05) is 0 Å². The van der Waals surface area contributed by atoms with Crippen molar-refractivity contribution in [3.63, 3.8) is 0 Å². The summed E-state index contributed by atoms with van der Waals surface area (Å²) in [6, 6.07) is 14.9. The number of thioether (sulfide) groups is 1. The van der Waals surface area contributed by atoms with Gasteiger partial charge >= 0.3 is 0 Å². The summed E-state index contributed by atoms with van der Waals surface area (Å²) >= 11 is 0.797. The second-order valence-electron chi connectivity index (χ2n) is 4.55. The van der Waals surface area contributed by atoms with Crippen molar-refractivity contribution in [2.45, 2.75) is 11.5 Å². The number of nitriles is 1. The van der Waals surface area contributed by atoms with Crippen molar-refractivity contribution < 1.29 is 9.15 Å². The van der Waals surface area contributed by atoms with Crippen molar-refractivity contribution in [3.05, 3.63) is 70.6 Å². The predicted molar refractivity (Wildman–Crippen MR) is 84.7 cm³/mol. The van der Waals surface area contributed by atoms with Gasteiger partial charge in [0.25, 0.3) is 0 Å². The van der Waals surface area contributed by atoms with Crippen molar-refractivity contribution in [1.82, 2.24) is 0 Å². The SMILES string of the molecule is N#CSc1coc2cc(OCc3ccccc3)ccc2c1=O. The normalized spacial score (nSPS) is 10.3. The number of hydrogen-bond donors (Lipinski definition) is 0. The number of rotatable bonds is 4. The van der Waals surface area contributed by atoms with Crippen LogP contribution in [0, 0.1) is 10.7 Å². The average Bonchev–Trinajstić information content (AvgIpc) is 2.56. The second-order valence-corrected chi connectivity index (χ2v) is 5.38. The Bertz CT molecular complexity index is 897. The number of fused-ring (bicyclic) bond motifs is 1.